The van der Waals surface area contributed by atoms with Gasteiger partial charge in [-0.25, -0.2) is 4.79 Å². The van der Waals surface area contributed by atoms with Crippen LogP contribution in [-0.2, 0) is 19.7 Å². The Kier molecular flexibility index (Phi) is 16.4. The quantitative estimate of drug-likeness (QED) is 0.213. The molecule has 0 aromatic heterocycles. The zero-order valence-electron chi connectivity index (χ0n) is 15.8. The van der Waals surface area contributed by atoms with Crippen molar-refractivity contribution in [1.82, 2.24) is 5.32 Å². The van der Waals surface area contributed by atoms with Crippen LogP contribution in [0.3, 0.4) is 0 Å². The minimum Gasteiger partial charge on any atom is -1.00 e. The first-order chi connectivity index (χ1) is 10.8. The molecule has 1 amide bonds. The molecule has 0 saturated heterocycles. The molecule has 0 rings (SSSR count). The number of carbonyl (C=O) groups is 2. The Morgan fingerprint density at radius 2 is 1.46 bits per heavy atom. The Labute approximate surface area is 168 Å². The van der Waals surface area contributed by atoms with Gasteiger partial charge in [0.15, 0.2) is 0 Å². The maximum atomic E-state index is 11.6. The van der Waals surface area contributed by atoms with E-state index in [0.29, 0.717) is 6.42 Å². The number of nitrogens with one attached hydrogen (secondary N) is 1. The molecule has 0 bridgehead atoms. The summed E-state index contributed by atoms with van der Waals surface area (Å²) in [6, 6.07) is -1.61. The molecule has 0 heterocycles. The summed E-state index contributed by atoms with van der Waals surface area (Å²) in [5, 5.41) is 10.9. The molecule has 0 aliphatic carbocycles. The number of carboxylic acids is 1. The van der Waals surface area contributed by atoms with Gasteiger partial charge in [0.25, 0.3) is 10.1 Å². The van der Waals surface area contributed by atoms with Gasteiger partial charge in [-0.15, -0.1) is 0 Å². The number of amides is 1. The average molecular weight is 375 g/mol. The van der Waals surface area contributed by atoms with Crippen LogP contribution in [0.2, 0.25) is 0 Å². The molecule has 138 valence electrons. The summed E-state index contributed by atoms with van der Waals surface area (Å²) in [7, 11) is -4.45. The fourth-order valence-electron chi connectivity index (χ4n) is 2.25. The third-order valence-electron chi connectivity index (χ3n) is 3.52. The van der Waals surface area contributed by atoms with E-state index in [9.17, 15) is 18.0 Å². The molecule has 0 saturated carbocycles. The summed E-state index contributed by atoms with van der Waals surface area (Å²) < 4.78 is 30.0. The Morgan fingerprint density at radius 1 is 1.00 bits per heavy atom. The minimum absolute atomic E-state index is 0. The summed E-state index contributed by atoms with van der Waals surface area (Å²) in [4.78, 5) is 22.4. The van der Waals surface area contributed by atoms with Crippen LogP contribution in [0.5, 0.6) is 0 Å². The zero-order chi connectivity index (χ0) is 17.7. The SMILES string of the molecule is CCCCCCCCCCCC(=O)N[C@H](CS(=O)(=O)O)C(=O)O.[H-].[Na+]. The molecule has 0 spiro atoms. The van der Waals surface area contributed by atoms with Gasteiger partial charge in [-0.1, -0.05) is 58.3 Å². The van der Waals surface area contributed by atoms with Gasteiger partial charge in [-0.3, -0.25) is 9.35 Å². The zero-order valence-corrected chi connectivity index (χ0v) is 17.6. The second-order valence-corrected chi connectivity index (χ2v) is 7.28. The standard InChI is InChI=1S/C15H29NO6S.Na.H/c1-2-3-4-5-6-7-8-9-10-11-14(17)16-13(15(18)19)12-23(20,21)22;;/h13H,2-12H2,1H3,(H,16,17)(H,18,19)(H,20,21,22);;/q;+1;-1/t13-;;/m1../s1. The predicted molar refractivity (Wildman–Crippen MR) is 88.9 cm³/mol. The molecule has 0 aliphatic heterocycles. The molecule has 7 nitrogen and oxygen atoms in total. The Balaban J connectivity index is -0.00000242. The maximum Gasteiger partial charge on any atom is 1.00 e. The molecule has 0 aromatic carbocycles. The van der Waals surface area contributed by atoms with Gasteiger partial charge in [0.05, 0.1) is 0 Å². The van der Waals surface area contributed by atoms with Gasteiger partial charge in [0, 0.05) is 6.42 Å². The van der Waals surface area contributed by atoms with E-state index in [4.69, 9.17) is 9.66 Å². The van der Waals surface area contributed by atoms with E-state index in [1.807, 2.05) is 0 Å². The normalized spacial score (nSPS) is 12.2. The van der Waals surface area contributed by atoms with Crippen molar-refractivity contribution in [2.75, 3.05) is 5.75 Å². The molecule has 9 heteroatoms. The molecule has 0 radical (unpaired) electrons. The van der Waals surface area contributed by atoms with Crippen LogP contribution >= 0.6 is 0 Å². The van der Waals surface area contributed by atoms with Gasteiger partial charge in [0.2, 0.25) is 5.91 Å². The molecule has 0 aliphatic rings. The van der Waals surface area contributed by atoms with E-state index < -0.39 is 33.8 Å². The smallest absolute Gasteiger partial charge is 1.00 e. The topological polar surface area (TPSA) is 121 Å². The Bertz CT molecular complexity index is 461. The van der Waals surface area contributed by atoms with Crippen molar-refractivity contribution in [3.05, 3.63) is 0 Å². The number of aliphatic carboxylic acids is 1. The predicted octanol–water partition coefficient (Wildman–Crippen LogP) is -0.519. The number of hydrogen-bond donors (Lipinski definition) is 3. The average Bonchev–Trinajstić information content (AvgIpc) is 2.43. The van der Waals surface area contributed by atoms with Crippen LogP contribution in [0.4, 0.5) is 0 Å². The first kappa shape index (κ1) is 26.1. The molecule has 0 unspecified atom stereocenters. The van der Waals surface area contributed by atoms with Gasteiger partial charge in [-0.2, -0.15) is 8.42 Å². The first-order valence-electron chi connectivity index (χ1n) is 8.23. The molecule has 3 N–H and O–H groups in total. The van der Waals surface area contributed by atoms with E-state index in [1.165, 1.54) is 32.1 Å². The van der Waals surface area contributed by atoms with Crippen LogP contribution in [0.15, 0.2) is 0 Å². The van der Waals surface area contributed by atoms with Crippen molar-refractivity contribution in [2.45, 2.75) is 77.2 Å². The number of carboxylic acid groups (broad SMARTS) is 1. The fourth-order valence-corrected chi connectivity index (χ4v) is 2.90. The van der Waals surface area contributed by atoms with Crippen molar-refractivity contribution in [3.8, 4) is 0 Å². The number of unbranched alkanes of at least 4 members (excludes halogenated alkanes) is 8. The Morgan fingerprint density at radius 3 is 1.88 bits per heavy atom. The van der Waals surface area contributed by atoms with E-state index in [0.717, 1.165) is 19.3 Å². The van der Waals surface area contributed by atoms with E-state index in [2.05, 4.69) is 12.2 Å². The molecular weight excluding hydrogens is 345 g/mol. The van der Waals surface area contributed by atoms with Crippen molar-refractivity contribution in [3.63, 3.8) is 0 Å². The second kappa shape index (κ2) is 15.1. The Hall–Kier alpha value is -0.150. The third kappa shape index (κ3) is 16.7. The monoisotopic (exact) mass is 375 g/mol. The second-order valence-electron chi connectivity index (χ2n) is 5.79. The minimum atomic E-state index is -4.45. The van der Waals surface area contributed by atoms with Crippen LogP contribution in [0.25, 0.3) is 0 Å². The van der Waals surface area contributed by atoms with Crippen molar-refractivity contribution >= 4 is 22.0 Å². The summed E-state index contributed by atoms with van der Waals surface area (Å²) in [5.74, 6) is -3.02. The third-order valence-corrected chi connectivity index (χ3v) is 4.27. The molecule has 1 atom stereocenters. The molecule has 0 fully saturated rings. The number of carbonyl (C=O) groups excluding carboxylic acids is 1. The molecule has 0 aromatic rings. The van der Waals surface area contributed by atoms with Crippen LogP contribution < -0.4 is 34.9 Å². The van der Waals surface area contributed by atoms with E-state index in [-0.39, 0.29) is 37.4 Å². The summed E-state index contributed by atoms with van der Waals surface area (Å²) >= 11 is 0. The van der Waals surface area contributed by atoms with Gasteiger partial charge < -0.3 is 11.8 Å². The maximum absolute atomic E-state index is 11.6. The van der Waals surface area contributed by atoms with Crippen LogP contribution in [0, 0.1) is 0 Å². The molecule has 24 heavy (non-hydrogen) atoms. The summed E-state index contributed by atoms with van der Waals surface area (Å²) in [5.41, 5.74) is 0. The van der Waals surface area contributed by atoms with E-state index in [1.54, 1.807) is 0 Å². The van der Waals surface area contributed by atoms with Crippen molar-refractivity contribution < 1.29 is 58.7 Å². The summed E-state index contributed by atoms with van der Waals surface area (Å²) in [6.07, 6.45) is 10.0. The van der Waals surface area contributed by atoms with Crippen LogP contribution in [-0.4, -0.2) is 41.7 Å². The largest absolute Gasteiger partial charge is 1.00 e. The fraction of sp³-hybridized carbons (Fsp3) is 0.867. The summed E-state index contributed by atoms with van der Waals surface area (Å²) in [6.45, 7) is 2.18. The number of rotatable bonds is 14. The van der Waals surface area contributed by atoms with Gasteiger partial charge in [-0.05, 0) is 6.42 Å². The van der Waals surface area contributed by atoms with Gasteiger partial charge >= 0.3 is 35.5 Å². The first-order valence-corrected chi connectivity index (χ1v) is 9.84. The van der Waals surface area contributed by atoms with Crippen LogP contribution in [0.1, 0.15) is 72.6 Å². The van der Waals surface area contributed by atoms with Gasteiger partial charge in [0.1, 0.15) is 11.8 Å². The van der Waals surface area contributed by atoms with E-state index >= 15 is 0 Å². The van der Waals surface area contributed by atoms with Crippen molar-refractivity contribution in [2.24, 2.45) is 0 Å². The number of hydrogen-bond acceptors (Lipinski definition) is 4. The van der Waals surface area contributed by atoms with Crippen molar-refractivity contribution in [1.29, 1.82) is 0 Å². The molecular formula is C15H30NNaO6S.